The smallest absolute Gasteiger partial charge is 0.319 e. The number of anilines is 1. The molecule has 4 aromatic rings. The van der Waals surface area contributed by atoms with Gasteiger partial charge in [-0.2, -0.15) is 9.97 Å². The molecule has 3 aliphatic rings. The zero-order valence-electron chi connectivity index (χ0n) is 26.1. The minimum absolute atomic E-state index is 0.00466. The molecule has 46 heavy (non-hydrogen) atoms. The van der Waals surface area contributed by atoms with Crippen molar-refractivity contribution in [2.45, 2.75) is 63.2 Å². The van der Waals surface area contributed by atoms with Crippen LogP contribution in [0.1, 0.15) is 44.6 Å². The Labute approximate surface area is 265 Å². The summed E-state index contributed by atoms with van der Waals surface area (Å²) >= 11 is 0. The number of aryl methyl sites for hydroxylation is 1. The average Bonchev–Trinajstić information content (AvgIpc) is 3.77. The van der Waals surface area contributed by atoms with Crippen LogP contribution in [0, 0.1) is 11.6 Å². The van der Waals surface area contributed by atoms with Crippen molar-refractivity contribution in [1.82, 2.24) is 19.9 Å². The minimum Gasteiger partial charge on any atom is -0.468 e. The summed E-state index contributed by atoms with van der Waals surface area (Å²) in [4.78, 5) is 18.0. The van der Waals surface area contributed by atoms with E-state index in [-0.39, 0.29) is 43.3 Å². The van der Waals surface area contributed by atoms with Crippen molar-refractivity contribution in [3.8, 4) is 23.0 Å². The van der Waals surface area contributed by atoms with E-state index in [1.54, 1.807) is 18.2 Å². The summed E-state index contributed by atoms with van der Waals surface area (Å²) in [5, 5.41) is 11.7. The van der Waals surface area contributed by atoms with Gasteiger partial charge in [0.05, 0.1) is 23.6 Å². The van der Waals surface area contributed by atoms with Crippen LogP contribution >= 0.6 is 0 Å². The molecule has 0 aliphatic carbocycles. The number of hydrogen-bond donors (Lipinski definition) is 1. The fourth-order valence-corrected chi connectivity index (χ4v) is 7.68. The SMILES string of the molecule is CCc1c(F)ccc2cc(OCOC)cc(-c3ncc4c(N5CCC[C@H]5CO)nc(OC[C@@]56CCCN5C[C@H](F)C6)nc4c3F)c12. The summed E-state index contributed by atoms with van der Waals surface area (Å²) in [5.74, 6) is -0.271. The number of methoxy groups -OCH3 is 1. The maximum atomic E-state index is 16.9. The second-order valence-corrected chi connectivity index (χ2v) is 12.5. The number of benzene rings is 2. The van der Waals surface area contributed by atoms with Gasteiger partial charge in [0.25, 0.3) is 0 Å². The van der Waals surface area contributed by atoms with E-state index in [0.717, 1.165) is 32.2 Å². The molecule has 5 heterocycles. The molecule has 244 valence electrons. The van der Waals surface area contributed by atoms with E-state index in [4.69, 9.17) is 19.2 Å². The zero-order chi connectivity index (χ0) is 32.0. The van der Waals surface area contributed by atoms with Gasteiger partial charge < -0.3 is 24.2 Å². The van der Waals surface area contributed by atoms with Gasteiger partial charge in [-0.1, -0.05) is 13.0 Å². The lowest BCUT2D eigenvalue weighted by Crippen LogP contribution is -2.43. The van der Waals surface area contributed by atoms with Crippen molar-refractivity contribution in [2.75, 3.05) is 51.7 Å². The molecule has 2 aromatic heterocycles. The molecule has 1 N–H and O–H groups in total. The molecule has 0 bridgehead atoms. The van der Waals surface area contributed by atoms with Crippen molar-refractivity contribution >= 4 is 27.5 Å². The lowest BCUT2D eigenvalue weighted by Gasteiger charge is -2.31. The molecule has 3 atom stereocenters. The number of ether oxygens (including phenoxy) is 3. The molecule has 0 radical (unpaired) electrons. The quantitative estimate of drug-likeness (QED) is 0.224. The van der Waals surface area contributed by atoms with Crippen LogP contribution in [0.2, 0.25) is 0 Å². The van der Waals surface area contributed by atoms with E-state index in [1.807, 2.05) is 11.8 Å². The van der Waals surface area contributed by atoms with Crippen molar-refractivity contribution in [3.05, 3.63) is 47.7 Å². The first-order valence-electron chi connectivity index (χ1n) is 16.0. The summed E-state index contributed by atoms with van der Waals surface area (Å²) in [6, 6.07) is 6.21. The fraction of sp³-hybridized carbons (Fsp3) is 0.500. The van der Waals surface area contributed by atoms with Crippen LogP contribution in [0.15, 0.2) is 30.5 Å². The Bertz CT molecular complexity index is 1780. The van der Waals surface area contributed by atoms with Crippen LogP contribution in [0.3, 0.4) is 0 Å². The summed E-state index contributed by atoms with van der Waals surface area (Å²) < 4.78 is 63.5. The first-order chi connectivity index (χ1) is 22.4. The van der Waals surface area contributed by atoms with Crippen LogP contribution in [-0.2, 0) is 11.2 Å². The molecule has 9 nitrogen and oxygen atoms in total. The van der Waals surface area contributed by atoms with Gasteiger partial charge in [0, 0.05) is 38.4 Å². The van der Waals surface area contributed by atoms with E-state index in [1.165, 1.54) is 19.4 Å². The average molecular weight is 638 g/mol. The summed E-state index contributed by atoms with van der Waals surface area (Å²) in [7, 11) is 1.50. The van der Waals surface area contributed by atoms with Gasteiger partial charge in [-0.15, -0.1) is 0 Å². The van der Waals surface area contributed by atoms with Gasteiger partial charge in [-0.3, -0.25) is 9.88 Å². The Hall–Kier alpha value is -3.74. The van der Waals surface area contributed by atoms with Crippen LogP contribution in [0.4, 0.5) is 19.0 Å². The number of alkyl halides is 1. The van der Waals surface area contributed by atoms with Gasteiger partial charge in [0.15, 0.2) is 12.6 Å². The van der Waals surface area contributed by atoms with Crippen molar-refractivity contribution < 1.29 is 32.5 Å². The highest BCUT2D eigenvalue weighted by Crippen LogP contribution is 2.42. The highest BCUT2D eigenvalue weighted by atomic mass is 19.1. The molecule has 7 rings (SSSR count). The van der Waals surface area contributed by atoms with E-state index in [0.29, 0.717) is 64.8 Å². The van der Waals surface area contributed by atoms with Crippen LogP contribution in [-0.4, -0.2) is 89.5 Å². The molecule has 0 spiro atoms. The normalized spacial score (nSPS) is 23.1. The molecular weight excluding hydrogens is 599 g/mol. The number of aliphatic hydroxyl groups excluding tert-OH is 1. The minimum atomic E-state index is -0.922. The molecule has 3 saturated heterocycles. The number of fused-ring (bicyclic) bond motifs is 3. The second kappa shape index (κ2) is 12.5. The first kappa shape index (κ1) is 30.9. The molecule has 12 heteroatoms. The Kier molecular flexibility index (Phi) is 8.37. The predicted molar refractivity (Wildman–Crippen MR) is 168 cm³/mol. The third-order valence-corrected chi connectivity index (χ3v) is 9.83. The first-order valence-corrected chi connectivity index (χ1v) is 16.0. The summed E-state index contributed by atoms with van der Waals surface area (Å²) in [6.45, 7) is 3.72. The Balaban J connectivity index is 1.39. The van der Waals surface area contributed by atoms with Crippen molar-refractivity contribution in [2.24, 2.45) is 0 Å². The van der Waals surface area contributed by atoms with Gasteiger partial charge in [0.2, 0.25) is 0 Å². The molecule has 0 saturated carbocycles. The molecule has 3 aliphatic heterocycles. The van der Waals surface area contributed by atoms with Crippen molar-refractivity contribution in [3.63, 3.8) is 0 Å². The Morgan fingerprint density at radius 1 is 1.11 bits per heavy atom. The third-order valence-electron chi connectivity index (χ3n) is 9.83. The van der Waals surface area contributed by atoms with E-state index in [9.17, 15) is 9.50 Å². The van der Waals surface area contributed by atoms with Crippen molar-refractivity contribution in [1.29, 1.82) is 0 Å². The summed E-state index contributed by atoms with van der Waals surface area (Å²) in [6.07, 6.45) is 4.71. The number of nitrogens with zero attached hydrogens (tertiary/aromatic N) is 5. The topological polar surface area (TPSA) is 93.1 Å². The van der Waals surface area contributed by atoms with E-state index < -0.39 is 23.3 Å². The molecule has 0 amide bonds. The number of aromatic nitrogens is 3. The summed E-state index contributed by atoms with van der Waals surface area (Å²) in [5.41, 5.74) is 0.328. The number of rotatable bonds is 10. The maximum absolute atomic E-state index is 16.9. The fourth-order valence-electron chi connectivity index (χ4n) is 7.68. The van der Waals surface area contributed by atoms with Gasteiger partial charge >= 0.3 is 6.01 Å². The van der Waals surface area contributed by atoms with Gasteiger partial charge in [-0.25, -0.2) is 13.2 Å². The maximum Gasteiger partial charge on any atom is 0.319 e. The standard InChI is InChI=1S/C34H38F3N5O4/c1-3-24-27(36)8-7-20-12-23(46-19-44-2)13-25(28(20)24)30-29(37)31-26(15-38-30)32(42-11-4-6-22(42)17-43)40-33(39-31)45-18-34-9-5-10-41(34)16-21(35)14-34/h7-8,12-13,15,21-22,43H,3-6,9-11,14,16-19H2,1-2H3/t21-,22+,34+/m1/s1. The number of aliphatic hydroxyl groups is 1. The Morgan fingerprint density at radius 2 is 1.98 bits per heavy atom. The molecule has 3 fully saturated rings. The second-order valence-electron chi connectivity index (χ2n) is 12.5. The van der Waals surface area contributed by atoms with E-state index in [2.05, 4.69) is 14.9 Å². The highest BCUT2D eigenvalue weighted by Gasteiger charge is 2.49. The van der Waals surface area contributed by atoms with E-state index >= 15 is 8.78 Å². The highest BCUT2D eigenvalue weighted by molar-refractivity contribution is 6.01. The lowest BCUT2D eigenvalue weighted by molar-refractivity contribution is 0.0512. The van der Waals surface area contributed by atoms with Crippen LogP contribution < -0.4 is 14.4 Å². The largest absolute Gasteiger partial charge is 0.468 e. The number of halogens is 3. The van der Waals surface area contributed by atoms with Gasteiger partial charge in [0.1, 0.15) is 41.4 Å². The number of hydrogen-bond acceptors (Lipinski definition) is 9. The number of pyridine rings is 1. The molecule has 0 unspecified atom stereocenters. The van der Waals surface area contributed by atoms with Crippen LogP contribution in [0.25, 0.3) is 32.9 Å². The van der Waals surface area contributed by atoms with Crippen LogP contribution in [0.5, 0.6) is 11.8 Å². The third kappa shape index (κ3) is 5.29. The monoisotopic (exact) mass is 637 g/mol. The molecule has 2 aromatic carbocycles. The lowest BCUT2D eigenvalue weighted by atomic mass is 9.94. The Morgan fingerprint density at radius 3 is 2.78 bits per heavy atom. The molecular formula is C34H38F3N5O4. The van der Waals surface area contributed by atoms with Gasteiger partial charge in [-0.05, 0) is 73.2 Å². The predicted octanol–water partition coefficient (Wildman–Crippen LogP) is 5.58. The zero-order valence-corrected chi connectivity index (χ0v) is 26.1.